The minimum absolute atomic E-state index is 0. The van der Waals surface area contributed by atoms with Crippen LogP contribution < -0.4 is 0 Å². The molecule has 0 saturated carbocycles. The molecule has 1 rings (SSSR count). The molecule has 0 aromatic rings. The molecule has 1 radical (unpaired) electrons. The zero-order valence-electron chi connectivity index (χ0n) is 9.24. The zero-order valence-corrected chi connectivity index (χ0v) is 12.0. The van der Waals surface area contributed by atoms with Crippen LogP contribution in [0.2, 0.25) is 0 Å². The molecule has 0 N–H and O–H groups in total. The Bertz CT molecular complexity index is 110. The fourth-order valence-corrected chi connectivity index (χ4v) is 0.340. The van der Waals surface area contributed by atoms with Crippen LogP contribution in [-0.4, -0.2) is 20.4 Å². The summed E-state index contributed by atoms with van der Waals surface area (Å²) < 4.78 is 0. The standard InChI is InChI=1S/C5H5.C3H7.3CH2O.Re/c1-2-4-5-3-1;1-3-2;3*1-2;/h1-3H,4H2;3H,1-2H3;3*1H2;/q2*-1;;;;. The smallest absolute Gasteiger partial charge is 0.106 e. The maximum Gasteiger partial charge on any atom is 0.106 e. The summed E-state index contributed by atoms with van der Waals surface area (Å²) in [5, 5.41) is 0. The summed E-state index contributed by atoms with van der Waals surface area (Å²) in [7, 11) is 0. The van der Waals surface area contributed by atoms with E-state index in [-0.39, 0.29) is 20.4 Å². The van der Waals surface area contributed by atoms with E-state index in [1.165, 1.54) is 0 Å². The molecule has 89 valence electrons. The predicted molar refractivity (Wildman–Crippen MR) is 58.6 cm³/mol. The van der Waals surface area contributed by atoms with Crippen LogP contribution in [0.15, 0.2) is 18.2 Å². The van der Waals surface area contributed by atoms with Gasteiger partial charge in [-0.25, -0.2) is 12.2 Å². The van der Waals surface area contributed by atoms with Gasteiger partial charge in [-0.1, -0.05) is 0 Å². The van der Waals surface area contributed by atoms with Gasteiger partial charge >= 0.3 is 0 Å². The van der Waals surface area contributed by atoms with Crippen LogP contribution in [0.5, 0.6) is 0 Å². The van der Waals surface area contributed by atoms with Crippen molar-refractivity contribution < 1.29 is 34.8 Å². The molecule has 0 spiro atoms. The number of carbonyl (C=O) groups is 3. The van der Waals surface area contributed by atoms with Crippen molar-refractivity contribution in [3.8, 4) is 0 Å². The molecule has 0 heterocycles. The second-order valence-electron chi connectivity index (χ2n) is 1.58. The summed E-state index contributed by atoms with van der Waals surface area (Å²) in [5.74, 6) is 0. The van der Waals surface area contributed by atoms with Gasteiger partial charge in [-0.2, -0.15) is 19.9 Å². The molecule has 15 heavy (non-hydrogen) atoms. The maximum absolute atomic E-state index is 8.00. The van der Waals surface area contributed by atoms with E-state index in [4.69, 9.17) is 14.4 Å². The molecule has 0 aromatic heterocycles. The van der Waals surface area contributed by atoms with E-state index in [1.807, 2.05) is 52.8 Å². The SMILES string of the molecule is C=O.C=O.C=O.C[CH-]C.[C-]1=CC=CC1.[Re]. The summed E-state index contributed by atoms with van der Waals surface area (Å²) in [5.41, 5.74) is 0. The quantitative estimate of drug-likeness (QED) is 0.600. The molecule has 1 aliphatic rings. The molecule has 1 aliphatic carbocycles. The van der Waals surface area contributed by atoms with Crippen LogP contribution in [0, 0.1) is 12.5 Å². The summed E-state index contributed by atoms with van der Waals surface area (Å²) in [6, 6.07) is 0. The van der Waals surface area contributed by atoms with Crippen molar-refractivity contribution in [2.75, 3.05) is 0 Å². The van der Waals surface area contributed by atoms with Crippen LogP contribution in [0.25, 0.3) is 0 Å². The van der Waals surface area contributed by atoms with E-state index in [9.17, 15) is 0 Å². The van der Waals surface area contributed by atoms with Gasteiger partial charge in [0.2, 0.25) is 0 Å². The first-order chi connectivity index (χ1) is 6.91. The number of hydrogen-bond donors (Lipinski definition) is 0. The van der Waals surface area contributed by atoms with Crippen molar-refractivity contribution in [1.82, 2.24) is 0 Å². The molecule has 0 aromatic carbocycles. The van der Waals surface area contributed by atoms with Gasteiger partial charge in [0.25, 0.3) is 0 Å². The van der Waals surface area contributed by atoms with Crippen molar-refractivity contribution in [2.24, 2.45) is 0 Å². The van der Waals surface area contributed by atoms with Crippen molar-refractivity contribution in [1.29, 1.82) is 0 Å². The fraction of sp³-hybridized carbons (Fsp3) is 0.273. The molecule has 0 saturated heterocycles. The van der Waals surface area contributed by atoms with E-state index in [2.05, 4.69) is 12.2 Å². The molecular weight excluding hydrogens is 366 g/mol. The molecule has 0 atom stereocenters. The fourth-order valence-electron chi connectivity index (χ4n) is 0.340. The van der Waals surface area contributed by atoms with E-state index >= 15 is 0 Å². The van der Waals surface area contributed by atoms with E-state index in [0.29, 0.717) is 0 Å². The Kier molecular flexibility index (Phi) is 143. The molecule has 0 unspecified atom stereocenters. The van der Waals surface area contributed by atoms with Crippen LogP contribution in [-0.2, 0) is 34.8 Å². The Morgan fingerprint density at radius 2 is 1.40 bits per heavy atom. The van der Waals surface area contributed by atoms with Gasteiger partial charge in [0.1, 0.15) is 20.4 Å². The zero-order chi connectivity index (χ0) is 12.2. The third-order valence-corrected chi connectivity index (χ3v) is 0.586. The van der Waals surface area contributed by atoms with Gasteiger partial charge in [-0.15, -0.1) is 6.42 Å². The second kappa shape index (κ2) is 73.2. The molecule has 0 bridgehead atoms. The molecule has 4 heteroatoms. The van der Waals surface area contributed by atoms with Gasteiger partial charge in [-0.3, -0.25) is 6.08 Å². The normalized spacial score (nSPS) is 7.87. The van der Waals surface area contributed by atoms with Gasteiger partial charge in [0.05, 0.1) is 0 Å². The number of allylic oxidation sites excluding steroid dienone is 4. The van der Waals surface area contributed by atoms with E-state index in [1.54, 1.807) is 0 Å². The monoisotopic (exact) mass is 385 g/mol. The Morgan fingerprint density at radius 3 is 1.47 bits per heavy atom. The predicted octanol–water partition coefficient (Wildman–Crippen LogP) is 1.98. The number of rotatable bonds is 0. The maximum atomic E-state index is 8.00. The first kappa shape index (κ1) is 29.2. The van der Waals surface area contributed by atoms with E-state index < -0.39 is 0 Å². The minimum atomic E-state index is 0. The summed E-state index contributed by atoms with van der Waals surface area (Å²) in [6.45, 7) is 10.0. The average Bonchev–Trinajstić information content (AvgIpc) is 2.85. The van der Waals surface area contributed by atoms with Crippen molar-refractivity contribution in [3.63, 3.8) is 0 Å². The number of carbonyl (C=O) groups excluding carboxylic acids is 3. The Labute approximate surface area is 106 Å². The van der Waals surface area contributed by atoms with Gasteiger partial charge in [0, 0.05) is 20.4 Å². The van der Waals surface area contributed by atoms with E-state index in [0.717, 1.165) is 6.42 Å². The minimum Gasteiger partial charge on any atom is -0.335 e. The molecule has 0 aliphatic heterocycles. The topological polar surface area (TPSA) is 51.2 Å². The van der Waals surface area contributed by atoms with Gasteiger partial charge in [0.15, 0.2) is 0 Å². The van der Waals surface area contributed by atoms with Crippen molar-refractivity contribution >= 4 is 20.4 Å². The van der Waals surface area contributed by atoms with Crippen molar-refractivity contribution in [3.05, 3.63) is 30.7 Å². The summed E-state index contributed by atoms with van der Waals surface area (Å²) in [6.07, 6.45) is 12.0. The Morgan fingerprint density at radius 1 is 1.07 bits per heavy atom. The molecular formula is C11H18O3Re-2. The summed E-state index contributed by atoms with van der Waals surface area (Å²) >= 11 is 0. The average molecular weight is 384 g/mol. The second-order valence-corrected chi connectivity index (χ2v) is 1.58. The van der Waals surface area contributed by atoms with Crippen LogP contribution >= 0.6 is 0 Å². The first-order valence-electron chi connectivity index (χ1n) is 3.74. The van der Waals surface area contributed by atoms with Crippen LogP contribution in [0.3, 0.4) is 0 Å². The van der Waals surface area contributed by atoms with Gasteiger partial charge < -0.3 is 20.8 Å². The largest absolute Gasteiger partial charge is 0.335 e. The summed E-state index contributed by atoms with van der Waals surface area (Å²) in [4.78, 5) is 24.0. The molecule has 0 amide bonds. The van der Waals surface area contributed by atoms with Crippen molar-refractivity contribution in [2.45, 2.75) is 20.3 Å². The van der Waals surface area contributed by atoms with Crippen LogP contribution in [0.1, 0.15) is 20.3 Å². The first-order valence-corrected chi connectivity index (χ1v) is 3.74. The van der Waals surface area contributed by atoms with Gasteiger partial charge in [-0.05, 0) is 0 Å². The molecule has 3 nitrogen and oxygen atoms in total. The Balaban J connectivity index is -0.0000000299. The Hall–Kier alpha value is -0.848. The third-order valence-electron chi connectivity index (χ3n) is 0.586. The number of hydrogen-bond acceptors (Lipinski definition) is 3. The molecule has 0 fully saturated rings. The third kappa shape index (κ3) is 94.9. The van der Waals surface area contributed by atoms with Crippen LogP contribution in [0.4, 0.5) is 0 Å².